The molecule has 0 fully saturated rings. The zero-order chi connectivity index (χ0) is 15.5. The number of fused-ring (bicyclic) bond motifs is 1. The molecule has 1 aliphatic rings. The normalized spacial score (nSPS) is 19.1. The highest BCUT2D eigenvalue weighted by Gasteiger charge is 2.39. The van der Waals surface area contributed by atoms with Crippen molar-refractivity contribution in [1.82, 2.24) is 5.32 Å². The Hall–Kier alpha value is -2.04. The minimum absolute atomic E-state index is 0.285. The summed E-state index contributed by atoms with van der Waals surface area (Å²) in [6, 6.07) is 7.56. The van der Waals surface area contributed by atoms with Gasteiger partial charge in [0.1, 0.15) is 11.3 Å². The number of amides is 1. The number of rotatable bonds is 5. The summed E-state index contributed by atoms with van der Waals surface area (Å²) in [4.78, 5) is 24.3. The van der Waals surface area contributed by atoms with Crippen molar-refractivity contribution in [3.63, 3.8) is 0 Å². The molecule has 0 saturated heterocycles. The molecule has 0 radical (unpaired) electrons. The highest BCUT2D eigenvalue weighted by atomic mass is 16.5. The largest absolute Gasteiger partial charge is 0.480 e. The van der Waals surface area contributed by atoms with E-state index in [4.69, 9.17) is 9.47 Å². The molecular formula is C16H21NO4. The fraction of sp³-hybridized carbons (Fsp3) is 0.500. The van der Waals surface area contributed by atoms with E-state index in [2.05, 4.69) is 5.32 Å². The molecule has 1 aromatic carbocycles. The van der Waals surface area contributed by atoms with Gasteiger partial charge in [0.05, 0.1) is 7.11 Å². The van der Waals surface area contributed by atoms with E-state index in [1.165, 1.54) is 7.11 Å². The summed E-state index contributed by atoms with van der Waals surface area (Å²) in [5, 5.41) is 2.78. The van der Waals surface area contributed by atoms with Crippen LogP contribution in [0.5, 0.6) is 5.75 Å². The van der Waals surface area contributed by atoms with Gasteiger partial charge in [-0.2, -0.15) is 0 Å². The van der Waals surface area contributed by atoms with Crippen LogP contribution in [-0.4, -0.2) is 30.6 Å². The first kappa shape index (κ1) is 15.4. The molecule has 1 amide bonds. The van der Waals surface area contributed by atoms with Gasteiger partial charge in [0.25, 0.3) is 5.91 Å². The molecule has 0 spiro atoms. The third kappa shape index (κ3) is 3.17. The molecule has 0 saturated carbocycles. The second-order valence-electron chi connectivity index (χ2n) is 5.48. The number of esters is 1. The lowest BCUT2D eigenvalue weighted by atomic mass is 9.95. The van der Waals surface area contributed by atoms with Gasteiger partial charge in [-0.25, -0.2) is 4.79 Å². The summed E-state index contributed by atoms with van der Waals surface area (Å²) in [5.41, 5.74) is -0.00783. The van der Waals surface area contributed by atoms with Gasteiger partial charge in [-0.05, 0) is 25.0 Å². The van der Waals surface area contributed by atoms with Crippen LogP contribution in [0.2, 0.25) is 0 Å². The summed E-state index contributed by atoms with van der Waals surface area (Å²) in [5.74, 6) is 0.00803. The summed E-state index contributed by atoms with van der Waals surface area (Å²) in [7, 11) is 1.32. The lowest BCUT2D eigenvalue weighted by molar-refractivity contribution is -0.151. The van der Waals surface area contributed by atoms with Crippen molar-refractivity contribution in [1.29, 1.82) is 0 Å². The first-order chi connectivity index (χ1) is 10.00. The van der Waals surface area contributed by atoms with E-state index in [0.717, 1.165) is 17.7 Å². The van der Waals surface area contributed by atoms with Gasteiger partial charge in [-0.3, -0.25) is 4.79 Å². The van der Waals surface area contributed by atoms with Crippen molar-refractivity contribution < 1.29 is 19.1 Å². The molecule has 0 aliphatic carbocycles. The van der Waals surface area contributed by atoms with Crippen LogP contribution >= 0.6 is 0 Å². The number of nitrogens with one attached hydrogen (secondary N) is 1. The van der Waals surface area contributed by atoms with E-state index in [1.807, 2.05) is 31.2 Å². The Balaban J connectivity index is 2.06. The average molecular weight is 291 g/mol. The fourth-order valence-corrected chi connectivity index (χ4v) is 2.62. The van der Waals surface area contributed by atoms with Gasteiger partial charge in [-0.15, -0.1) is 0 Å². The quantitative estimate of drug-likeness (QED) is 0.841. The number of carbonyl (C=O) groups excluding carboxylic acids is 2. The number of para-hydroxylation sites is 1. The van der Waals surface area contributed by atoms with Crippen molar-refractivity contribution in [2.75, 3.05) is 7.11 Å². The molecule has 5 nitrogen and oxygen atoms in total. The van der Waals surface area contributed by atoms with Gasteiger partial charge in [0, 0.05) is 6.42 Å². The van der Waals surface area contributed by atoms with E-state index in [0.29, 0.717) is 12.8 Å². The van der Waals surface area contributed by atoms with E-state index >= 15 is 0 Å². The first-order valence-corrected chi connectivity index (χ1v) is 7.15. The Morgan fingerprint density at radius 2 is 2.14 bits per heavy atom. The standard InChI is InChI=1S/C16H21NO4/c1-4-9-16(2,15(19)20-3)17-14(18)13-10-11-7-5-6-8-12(11)21-13/h5-8,13H,4,9-10H2,1-3H3,(H,17,18)/t13-,16+/m0/s1. The molecule has 2 rings (SSSR count). The third-order valence-electron chi connectivity index (χ3n) is 3.72. The Morgan fingerprint density at radius 1 is 1.43 bits per heavy atom. The van der Waals surface area contributed by atoms with Gasteiger partial charge < -0.3 is 14.8 Å². The number of carbonyl (C=O) groups is 2. The van der Waals surface area contributed by atoms with Crippen LogP contribution in [-0.2, 0) is 20.7 Å². The number of hydrogen-bond acceptors (Lipinski definition) is 4. The predicted molar refractivity (Wildman–Crippen MR) is 78.0 cm³/mol. The maximum atomic E-state index is 12.4. The van der Waals surface area contributed by atoms with Gasteiger partial charge >= 0.3 is 5.97 Å². The topological polar surface area (TPSA) is 64.6 Å². The maximum Gasteiger partial charge on any atom is 0.331 e. The van der Waals surface area contributed by atoms with E-state index < -0.39 is 17.6 Å². The number of ether oxygens (including phenoxy) is 2. The van der Waals surface area contributed by atoms with Crippen molar-refractivity contribution in [2.24, 2.45) is 0 Å². The highest BCUT2D eigenvalue weighted by Crippen LogP contribution is 2.28. The molecule has 114 valence electrons. The molecule has 0 unspecified atom stereocenters. The summed E-state index contributed by atoms with van der Waals surface area (Å²) in [6.45, 7) is 3.64. The van der Waals surface area contributed by atoms with E-state index in [-0.39, 0.29) is 5.91 Å². The minimum Gasteiger partial charge on any atom is -0.480 e. The molecule has 2 atom stereocenters. The zero-order valence-electron chi connectivity index (χ0n) is 12.6. The molecule has 21 heavy (non-hydrogen) atoms. The van der Waals surface area contributed by atoms with Crippen LogP contribution < -0.4 is 10.1 Å². The van der Waals surface area contributed by atoms with Crippen LogP contribution in [0.3, 0.4) is 0 Å². The lowest BCUT2D eigenvalue weighted by Gasteiger charge is -2.28. The molecular weight excluding hydrogens is 270 g/mol. The first-order valence-electron chi connectivity index (χ1n) is 7.15. The van der Waals surface area contributed by atoms with Gasteiger partial charge in [-0.1, -0.05) is 31.5 Å². The molecule has 1 aliphatic heterocycles. The third-order valence-corrected chi connectivity index (χ3v) is 3.72. The summed E-state index contributed by atoms with van der Waals surface area (Å²) >= 11 is 0. The van der Waals surface area contributed by atoms with E-state index in [1.54, 1.807) is 6.92 Å². The second kappa shape index (κ2) is 6.16. The maximum absolute atomic E-state index is 12.4. The van der Waals surface area contributed by atoms with E-state index in [9.17, 15) is 9.59 Å². The smallest absolute Gasteiger partial charge is 0.331 e. The molecule has 0 aromatic heterocycles. The van der Waals surface area contributed by atoms with Gasteiger partial charge in [0.2, 0.25) is 0 Å². The molecule has 1 heterocycles. The predicted octanol–water partition coefficient (Wildman–Crippen LogP) is 1.84. The fourth-order valence-electron chi connectivity index (χ4n) is 2.62. The monoisotopic (exact) mass is 291 g/mol. The second-order valence-corrected chi connectivity index (χ2v) is 5.48. The van der Waals surface area contributed by atoms with Crippen molar-refractivity contribution in [3.05, 3.63) is 29.8 Å². The van der Waals surface area contributed by atoms with Crippen LogP contribution in [0.4, 0.5) is 0 Å². The van der Waals surface area contributed by atoms with Crippen LogP contribution in [0.1, 0.15) is 32.3 Å². The SMILES string of the molecule is CCC[C@@](C)(NC(=O)[C@@H]1Cc2ccccc2O1)C(=O)OC. The Bertz CT molecular complexity index is 518. The Labute approximate surface area is 124 Å². The Kier molecular flexibility index (Phi) is 4.50. The molecule has 1 N–H and O–H groups in total. The number of benzene rings is 1. The van der Waals surface area contributed by atoms with Crippen molar-refractivity contribution >= 4 is 11.9 Å². The Morgan fingerprint density at radius 3 is 2.76 bits per heavy atom. The molecule has 1 aromatic rings. The van der Waals surface area contributed by atoms with Crippen LogP contribution in [0, 0.1) is 0 Å². The highest BCUT2D eigenvalue weighted by molar-refractivity contribution is 5.90. The molecule has 5 heteroatoms. The average Bonchev–Trinajstić information content (AvgIpc) is 2.90. The summed E-state index contributed by atoms with van der Waals surface area (Å²) < 4.78 is 10.4. The van der Waals surface area contributed by atoms with Crippen LogP contribution in [0.25, 0.3) is 0 Å². The number of methoxy groups -OCH3 is 1. The van der Waals surface area contributed by atoms with Crippen LogP contribution in [0.15, 0.2) is 24.3 Å². The minimum atomic E-state index is -1.02. The van der Waals surface area contributed by atoms with Gasteiger partial charge in [0.15, 0.2) is 6.10 Å². The number of hydrogen-bond donors (Lipinski definition) is 1. The van der Waals surface area contributed by atoms with Crippen molar-refractivity contribution in [2.45, 2.75) is 44.8 Å². The zero-order valence-corrected chi connectivity index (χ0v) is 12.6. The molecule has 0 bridgehead atoms. The summed E-state index contributed by atoms with van der Waals surface area (Å²) in [6.07, 6.45) is 1.21. The van der Waals surface area contributed by atoms with Crippen molar-refractivity contribution in [3.8, 4) is 5.75 Å². The lowest BCUT2D eigenvalue weighted by Crippen LogP contribution is -2.56.